The van der Waals surface area contributed by atoms with Crippen molar-refractivity contribution in [2.24, 2.45) is 0 Å². The molecule has 0 saturated carbocycles. The molecule has 2 aliphatic rings. The first kappa shape index (κ1) is 18.6. The van der Waals surface area contributed by atoms with Crippen LogP contribution in [-0.2, 0) is 48.4 Å². The van der Waals surface area contributed by atoms with E-state index in [2.05, 4.69) is 13.8 Å². The Balaban J connectivity index is 1.60. The van der Waals surface area contributed by atoms with Gasteiger partial charge in [-0.2, -0.15) is 0 Å². The number of amides is 1. The molecule has 1 unspecified atom stereocenters. The summed E-state index contributed by atoms with van der Waals surface area (Å²) < 4.78 is 5.98. The van der Waals surface area contributed by atoms with Gasteiger partial charge in [0.1, 0.15) is 0 Å². The zero-order valence-corrected chi connectivity index (χ0v) is 17.1. The second-order valence-electron chi connectivity index (χ2n) is 7.69. The van der Waals surface area contributed by atoms with Gasteiger partial charge in [0.25, 0.3) is 0 Å². The molecule has 0 N–H and O–H groups in total. The molecule has 4 rings (SSSR count). The highest BCUT2D eigenvalue weighted by Gasteiger charge is 2.29. The minimum Gasteiger partial charge on any atom is -0.373 e. The standard InChI is InChI=1S/C22H28N2O2S/c1-3-4-7-20-17-11-15(2)26-14-19(17)18-13-24(9-8-21(18)23-20)22(25)12-16-6-5-10-27-16/h5-6,10,15H,3-4,7-9,11-14H2,1-2H3. The van der Waals surface area contributed by atoms with Gasteiger partial charge < -0.3 is 9.64 Å². The number of unbranched alkanes of at least 4 members (excludes halogenated alkanes) is 1. The first-order chi connectivity index (χ1) is 13.2. The van der Waals surface area contributed by atoms with Crippen molar-refractivity contribution in [2.45, 2.75) is 71.6 Å². The zero-order valence-electron chi connectivity index (χ0n) is 16.3. The van der Waals surface area contributed by atoms with Crippen molar-refractivity contribution in [2.75, 3.05) is 6.54 Å². The Morgan fingerprint density at radius 3 is 3.04 bits per heavy atom. The third-order valence-corrected chi connectivity index (χ3v) is 6.57. The molecule has 4 heterocycles. The summed E-state index contributed by atoms with van der Waals surface area (Å²) in [6, 6.07) is 4.05. The second kappa shape index (κ2) is 8.11. The zero-order chi connectivity index (χ0) is 18.8. The molecular weight excluding hydrogens is 356 g/mol. The molecule has 2 aliphatic heterocycles. The lowest BCUT2D eigenvalue weighted by atomic mass is 9.89. The van der Waals surface area contributed by atoms with Crippen molar-refractivity contribution in [3.63, 3.8) is 0 Å². The molecule has 0 bridgehead atoms. The first-order valence-electron chi connectivity index (χ1n) is 10.1. The Kier molecular flexibility index (Phi) is 5.60. The predicted molar refractivity (Wildman–Crippen MR) is 108 cm³/mol. The number of rotatable bonds is 5. The van der Waals surface area contributed by atoms with Crippen LogP contribution in [0.1, 0.15) is 59.6 Å². The third kappa shape index (κ3) is 3.94. The molecule has 27 heavy (non-hydrogen) atoms. The number of fused-ring (bicyclic) bond motifs is 3. The molecule has 2 aromatic rings. The van der Waals surface area contributed by atoms with Gasteiger partial charge in [0.05, 0.1) is 19.1 Å². The summed E-state index contributed by atoms with van der Waals surface area (Å²) in [6.07, 6.45) is 5.97. The molecule has 4 nitrogen and oxygen atoms in total. The van der Waals surface area contributed by atoms with Gasteiger partial charge in [-0.05, 0) is 47.9 Å². The smallest absolute Gasteiger partial charge is 0.228 e. The molecule has 1 atom stereocenters. The Morgan fingerprint density at radius 2 is 2.26 bits per heavy atom. The van der Waals surface area contributed by atoms with E-state index in [1.807, 2.05) is 22.4 Å². The number of aromatic nitrogens is 1. The lowest BCUT2D eigenvalue weighted by Crippen LogP contribution is -2.39. The Hall–Kier alpha value is -1.72. The quantitative estimate of drug-likeness (QED) is 0.780. The topological polar surface area (TPSA) is 42.4 Å². The number of carbonyl (C=O) groups is 1. The van der Waals surface area contributed by atoms with Gasteiger partial charge >= 0.3 is 0 Å². The van der Waals surface area contributed by atoms with E-state index in [1.54, 1.807) is 11.3 Å². The lowest BCUT2D eigenvalue weighted by molar-refractivity contribution is -0.131. The number of ether oxygens (including phenoxy) is 1. The largest absolute Gasteiger partial charge is 0.373 e. The normalized spacial score (nSPS) is 18.9. The van der Waals surface area contributed by atoms with Crippen LogP contribution in [0.15, 0.2) is 17.5 Å². The van der Waals surface area contributed by atoms with E-state index < -0.39 is 0 Å². The van der Waals surface area contributed by atoms with Crippen molar-refractivity contribution in [3.8, 4) is 0 Å². The highest BCUT2D eigenvalue weighted by atomic mass is 32.1. The van der Waals surface area contributed by atoms with Gasteiger partial charge in [-0.25, -0.2) is 0 Å². The molecule has 0 fully saturated rings. The maximum atomic E-state index is 12.8. The fourth-order valence-corrected chi connectivity index (χ4v) is 4.85. The average Bonchev–Trinajstić information content (AvgIpc) is 3.18. The Bertz CT molecular complexity index is 816. The van der Waals surface area contributed by atoms with E-state index in [0.29, 0.717) is 19.6 Å². The van der Waals surface area contributed by atoms with Crippen LogP contribution in [0.5, 0.6) is 0 Å². The maximum absolute atomic E-state index is 12.8. The fraction of sp³-hybridized carbons (Fsp3) is 0.545. The predicted octanol–water partition coefficient (Wildman–Crippen LogP) is 4.07. The van der Waals surface area contributed by atoms with Crippen LogP contribution >= 0.6 is 11.3 Å². The van der Waals surface area contributed by atoms with E-state index in [4.69, 9.17) is 9.72 Å². The molecule has 2 aromatic heterocycles. The summed E-state index contributed by atoms with van der Waals surface area (Å²) in [6.45, 7) is 6.48. The lowest BCUT2D eigenvalue weighted by Gasteiger charge is -2.34. The van der Waals surface area contributed by atoms with E-state index in [0.717, 1.165) is 30.7 Å². The van der Waals surface area contributed by atoms with Crippen LogP contribution < -0.4 is 0 Å². The molecule has 5 heteroatoms. The van der Waals surface area contributed by atoms with Crippen molar-refractivity contribution in [1.82, 2.24) is 9.88 Å². The van der Waals surface area contributed by atoms with Crippen molar-refractivity contribution in [1.29, 1.82) is 0 Å². The SMILES string of the molecule is CCCCc1nc2c(c3c1CC(C)OC3)CN(C(=O)Cc1cccs1)CC2. The molecule has 1 amide bonds. The Morgan fingerprint density at radius 1 is 1.37 bits per heavy atom. The number of pyridine rings is 1. The summed E-state index contributed by atoms with van der Waals surface area (Å²) >= 11 is 1.65. The fourth-order valence-electron chi connectivity index (χ4n) is 4.16. The summed E-state index contributed by atoms with van der Waals surface area (Å²) in [4.78, 5) is 21.0. The monoisotopic (exact) mass is 384 g/mol. The van der Waals surface area contributed by atoms with E-state index in [9.17, 15) is 4.79 Å². The van der Waals surface area contributed by atoms with Gasteiger partial charge in [0.2, 0.25) is 5.91 Å². The van der Waals surface area contributed by atoms with Gasteiger partial charge in [-0.3, -0.25) is 9.78 Å². The number of thiophene rings is 1. The van der Waals surface area contributed by atoms with Crippen LogP contribution in [0.2, 0.25) is 0 Å². The van der Waals surface area contributed by atoms with E-state index in [-0.39, 0.29) is 12.0 Å². The van der Waals surface area contributed by atoms with Gasteiger partial charge in [0.15, 0.2) is 0 Å². The summed E-state index contributed by atoms with van der Waals surface area (Å²) in [5.41, 5.74) is 6.44. The van der Waals surface area contributed by atoms with E-state index in [1.165, 1.54) is 40.9 Å². The number of hydrogen-bond donors (Lipinski definition) is 0. The minimum atomic E-state index is 0.219. The third-order valence-electron chi connectivity index (χ3n) is 5.69. The second-order valence-corrected chi connectivity index (χ2v) is 8.72. The van der Waals surface area contributed by atoms with Crippen LogP contribution in [0.3, 0.4) is 0 Å². The number of carbonyl (C=O) groups excluding carboxylic acids is 1. The minimum absolute atomic E-state index is 0.219. The molecular formula is C22H28N2O2S. The van der Waals surface area contributed by atoms with E-state index >= 15 is 0 Å². The molecule has 0 aromatic carbocycles. The van der Waals surface area contributed by atoms with Gasteiger partial charge in [-0.1, -0.05) is 19.4 Å². The molecule has 0 radical (unpaired) electrons. The highest BCUT2D eigenvalue weighted by molar-refractivity contribution is 7.10. The van der Waals surface area contributed by atoms with Crippen molar-refractivity contribution < 1.29 is 9.53 Å². The molecule has 0 aliphatic carbocycles. The molecule has 0 saturated heterocycles. The Labute approximate surface area is 165 Å². The number of hydrogen-bond acceptors (Lipinski definition) is 4. The van der Waals surface area contributed by atoms with Crippen LogP contribution in [0.4, 0.5) is 0 Å². The molecule has 0 spiro atoms. The first-order valence-corrected chi connectivity index (χ1v) is 11.0. The maximum Gasteiger partial charge on any atom is 0.228 e. The van der Waals surface area contributed by atoms with Crippen molar-refractivity contribution in [3.05, 3.63) is 50.5 Å². The summed E-state index contributed by atoms with van der Waals surface area (Å²) in [5, 5.41) is 2.03. The van der Waals surface area contributed by atoms with Crippen molar-refractivity contribution >= 4 is 17.2 Å². The number of nitrogens with zero attached hydrogens (tertiary/aromatic N) is 2. The highest BCUT2D eigenvalue weighted by Crippen LogP contribution is 2.32. The summed E-state index contributed by atoms with van der Waals surface area (Å²) in [7, 11) is 0. The molecule has 144 valence electrons. The average molecular weight is 385 g/mol. The van der Waals surface area contributed by atoms with Crippen LogP contribution in [0, 0.1) is 0 Å². The van der Waals surface area contributed by atoms with Crippen LogP contribution in [0.25, 0.3) is 0 Å². The van der Waals surface area contributed by atoms with Crippen LogP contribution in [-0.4, -0.2) is 28.4 Å². The number of aryl methyl sites for hydroxylation is 1. The van der Waals surface area contributed by atoms with Gasteiger partial charge in [-0.15, -0.1) is 11.3 Å². The summed E-state index contributed by atoms with van der Waals surface area (Å²) in [5.74, 6) is 0.219. The van der Waals surface area contributed by atoms with Gasteiger partial charge in [0, 0.05) is 42.2 Å².